The Hall–Kier alpha value is -3.57. The molecular formula is C20H23N5O5S. The van der Waals surface area contributed by atoms with Gasteiger partial charge in [-0.25, -0.2) is 18.1 Å². The van der Waals surface area contributed by atoms with Gasteiger partial charge in [-0.15, -0.1) is 0 Å². The largest absolute Gasteiger partial charge is 0.493 e. The van der Waals surface area contributed by atoms with Gasteiger partial charge in [0.15, 0.2) is 11.5 Å². The minimum Gasteiger partial charge on any atom is -0.493 e. The fourth-order valence-corrected chi connectivity index (χ4v) is 3.71. The molecule has 31 heavy (non-hydrogen) atoms. The van der Waals surface area contributed by atoms with Gasteiger partial charge < -0.3 is 24.8 Å². The number of nitrogens with zero attached hydrogens (tertiary/aromatic N) is 2. The van der Waals surface area contributed by atoms with Crippen LogP contribution in [0.2, 0.25) is 0 Å². The summed E-state index contributed by atoms with van der Waals surface area (Å²) in [5.41, 5.74) is 0.999. The van der Waals surface area contributed by atoms with Crippen molar-refractivity contribution >= 4 is 33.2 Å². The second-order valence-electron chi connectivity index (χ2n) is 6.13. The molecule has 10 nitrogen and oxygen atoms in total. The summed E-state index contributed by atoms with van der Waals surface area (Å²) in [6, 6.07) is 11.6. The lowest BCUT2D eigenvalue weighted by Gasteiger charge is -2.15. The van der Waals surface area contributed by atoms with Crippen LogP contribution in [0.3, 0.4) is 0 Å². The normalized spacial score (nSPS) is 11.0. The summed E-state index contributed by atoms with van der Waals surface area (Å²) >= 11 is 0. The van der Waals surface area contributed by atoms with Gasteiger partial charge in [-0.1, -0.05) is 12.1 Å². The second kappa shape index (κ2) is 9.49. The fraction of sp³-hybridized carbons (Fsp3) is 0.200. The van der Waals surface area contributed by atoms with Crippen molar-refractivity contribution in [2.75, 3.05) is 39.0 Å². The molecule has 1 aromatic heterocycles. The molecule has 3 N–H and O–H groups in total. The summed E-state index contributed by atoms with van der Waals surface area (Å²) in [6.07, 6.45) is 1.55. The second-order valence-corrected chi connectivity index (χ2v) is 7.99. The molecule has 0 aliphatic rings. The lowest BCUT2D eigenvalue weighted by atomic mass is 10.2. The van der Waals surface area contributed by atoms with Gasteiger partial charge in [0.25, 0.3) is 0 Å². The monoisotopic (exact) mass is 445 g/mol. The highest BCUT2D eigenvalue weighted by atomic mass is 32.2. The van der Waals surface area contributed by atoms with Gasteiger partial charge in [0.1, 0.15) is 10.7 Å². The summed E-state index contributed by atoms with van der Waals surface area (Å²) in [7, 11) is 2.30. The van der Waals surface area contributed by atoms with Crippen LogP contribution in [0.25, 0.3) is 0 Å². The van der Waals surface area contributed by atoms with Crippen LogP contribution in [0.5, 0.6) is 17.2 Å². The van der Waals surface area contributed by atoms with E-state index in [1.807, 2.05) is 0 Å². The van der Waals surface area contributed by atoms with Crippen molar-refractivity contribution < 1.29 is 22.6 Å². The first-order chi connectivity index (χ1) is 14.9. The number of benzene rings is 2. The lowest BCUT2D eigenvalue weighted by molar-refractivity contribution is 0.324. The van der Waals surface area contributed by atoms with E-state index in [0.29, 0.717) is 34.4 Å². The number of hydrogen-bond donors (Lipinski definition) is 3. The molecule has 0 spiro atoms. The maximum Gasteiger partial charge on any atom is 0.242 e. The molecule has 3 rings (SSSR count). The summed E-state index contributed by atoms with van der Waals surface area (Å²) in [5.74, 6) is 2.11. The zero-order valence-corrected chi connectivity index (χ0v) is 18.3. The average Bonchev–Trinajstić information content (AvgIpc) is 2.78. The van der Waals surface area contributed by atoms with Crippen LogP contribution in [0, 0.1) is 0 Å². The van der Waals surface area contributed by atoms with Crippen LogP contribution in [-0.2, 0) is 10.0 Å². The van der Waals surface area contributed by atoms with Crippen LogP contribution in [0.15, 0.2) is 53.6 Å². The first-order valence-corrected chi connectivity index (χ1v) is 10.6. The fourth-order valence-electron chi connectivity index (χ4n) is 2.82. The van der Waals surface area contributed by atoms with Crippen molar-refractivity contribution in [2.24, 2.45) is 0 Å². The molecule has 0 fully saturated rings. The highest BCUT2D eigenvalue weighted by Crippen LogP contribution is 2.40. The maximum atomic E-state index is 12.3. The van der Waals surface area contributed by atoms with Gasteiger partial charge in [0.05, 0.1) is 27.0 Å². The standard InChI is InChI=1S/C20H23N5O5S/c1-21-31(26,27)17-8-6-5-7-14(17)24-18-9-10-22-20(25-18)23-13-11-15(28-2)19(30-4)16(12-13)29-3/h5-12,21H,1-4H3,(H2,22,23,24,25). The Morgan fingerprint density at radius 2 is 1.58 bits per heavy atom. The van der Waals surface area contributed by atoms with E-state index >= 15 is 0 Å². The van der Waals surface area contributed by atoms with E-state index < -0.39 is 10.0 Å². The SMILES string of the molecule is CNS(=O)(=O)c1ccccc1Nc1ccnc(Nc2cc(OC)c(OC)c(OC)c2)n1. The van der Waals surface area contributed by atoms with E-state index in [-0.39, 0.29) is 10.8 Å². The molecule has 0 radical (unpaired) electrons. The number of methoxy groups -OCH3 is 3. The number of anilines is 4. The molecule has 0 bridgehead atoms. The van der Waals surface area contributed by atoms with E-state index in [1.165, 1.54) is 34.4 Å². The van der Waals surface area contributed by atoms with Crippen molar-refractivity contribution in [3.8, 4) is 17.2 Å². The predicted octanol–water partition coefficient (Wildman–Crippen LogP) is 2.90. The van der Waals surface area contributed by atoms with Crippen LogP contribution in [-0.4, -0.2) is 46.8 Å². The van der Waals surface area contributed by atoms with Gasteiger partial charge >= 0.3 is 0 Å². The number of hydrogen-bond acceptors (Lipinski definition) is 9. The van der Waals surface area contributed by atoms with Crippen molar-refractivity contribution in [2.45, 2.75) is 4.90 Å². The molecule has 0 atom stereocenters. The Balaban J connectivity index is 1.89. The Labute approximate surface area is 180 Å². The summed E-state index contributed by atoms with van der Waals surface area (Å²) in [6.45, 7) is 0. The van der Waals surface area contributed by atoms with Gasteiger partial charge in [-0.05, 0) is 25.2 Å². The predicted molar refractivity (Wildman–Crippen MR) is 117 cm³/mol. The van der Waals surface area contributed by atoms with E-state index in [2.05, 4.69) is 25.3 Å². The number of nitrogens with one attached hydrogen (secondary N) is 3. The topological polar surface area (TPSA) is 124 Å². The number of ether oxygens (including phenoxy) is 3. The third-order valence-corrected chi connectivity index (χ3v) is 5.76. The Kier molecular flexibility index (Phi) is 6.78. The average molecular weight is 446 g/mol. The number of rotatable bonds is 9. The summed E-state index contributed by atoms with van der Waals surface area (Å²) < 4.78 is 42.9. The van der Waals surface area contributed by atoms with Crippen molar-refractivity contribution in [1.29, 1.82) is 0 Å². The first kappa shape index (κ1) is 22.1. The molecule has 0 saturated carbocycles. The van der Waals surface area contributed by atoms with Crippen molar-refractivity contribution in [3.05, 3.63) is 48.7 Å². The quantitative estimate of drug-likeness (QED) is 0.456. The summed E-state index contributed by atoms with van der Waals surface area (Å²) in [5, 5.41) is 6.10. The Morgan fingerprint density at radius 3 is 2.19 bits per heavy atom. The molecule has 0 amide bonds. The number of para-hydroxylation sites is 1. The third kappa shape index (κ3) is 4.95. The molecule has 0 aliphatic carbocycles. The van der Waals surface area contributed by atoms with E-state index in [4.69, 9.17) is 14.2 Å². The number of aromatic nitrogens is 2. The zero-order chi connectivity index (χ0) is 22.4. The van der Waals surface area contributed by atoms with E-state index in [0.717, 1.165) is 0 Å². The lowest BCUT2D eigenvalue weighted by Crippen LogP contribution is -2.19. The minimum absolute atomic E-state index is 0.107. The zero-order valence-electron chi connectivity index (χ0n) is 17.5. The Morgan fingerprint density at radius 1 is 0.903 bits per heavy atom. The van der Waals surface area contributed by atoms with Gasteiger partial charge in [-0.2, -0.15) is 4.98 Å². The van der Waals surface area contributed by atoms with E-state index in [1.54, 1.807) is 42.6 Å². The molecular weight excluding hydrogens is 422 g/mol. The van der Waals surface area contributed by atoms with E-state index in [9.17, 15) is 8.42 Å². The molecule has 3 aromatic rings. The molecule has 164 valence electrons. The Bertz CT molecular complexity index is 1150. The molecule has 1 heterocycles. The van der Waals surface area contributed by atoms with Crippen LogP contribution < -0.4 is 29.6 Å². The van der Waals surface area contributed by atoms with Crippen molar-refractivity contribution in [1.82, 2.24) is 14.7 Å². The van der Waals surface area contributed by atoms with Gasteiger partial charge in [-0.3, -0.25) is 0 Å². The van der Waals surface area contributed by atoms with Crippen LogP contribution in [0.4, 0.5) is 23.1 Å². The third-order valence-electron chi connectivity index (χ3n) is 4.28. The molecule has 0 unspecified atom stereocenters. The van der Waals surface area contributed by atoms with Crippen LogP contribution >= 0.6 is 0 Å². The minimum atomic E-state index is -3.64. The molecule has 0 saturated heterocycles. The first-order valence-electron chi connectivity index (χ1n) is 9.11. The number of sulfonamides is 1. The molecule has 11 heteroatoms. The molecule has 0 aliphatic heterocycles. The smallest absolute Gasteiger partial charge is 0.242 e. The summed E-state index contributed by atoms with van der Waals surface area (Å²) in [4.78, 5) is 8.72. The molecule has 2 aromatic carbocycles. The van der Waals surface area contributed by atoms with Crippen LogP contribution in [0.1, 0.15) is 0 Å². The van der Waals surface area contributed by atoms with Crippen molar-refractivity contribution in [3.63, 3.8) is 0 Å². The highest BCUT2D eigenvalue weighted by Gasteiger charge is 2.17. The highest BCUT2D eigenvalue weighted by molar-refractivity contribution is 7.89. The maximum absolute atomic E-state index is 12.3. The van der Waals surface area contributed by atoms with Gasteiger partial charge in [0.2, 0.25) is 21.7 Å². The van der Waals surface area contributed by atoms with Gasteiger partial charge in [0, 0.05) is 24.0 Å².